The highest BCUT2D eigenvalue weighted by Gasteiger charge is 2.08. The van der Waals surface area contributed by atoms with Gasteiger partial charge in [-0.1, -0.05) is 44.0 Å². The van der Waals surface area contributed by atoms with Gasteiger partial charge in [-0.2, -0.15) is 0 Å². The summed E-state index contributed by atoms with van der Waals surface area (Å²) in [6, 6.07) is 6.26. The van der Waals surface area contributed by atoms with Gasteiger partial charge in [-0.15, -0.1) is 12.4 Å². The second kappa shape index (κ2) is 7.58. The van der Waals surface area contributed by atoms with E-state index in [-0.39, 0.29) is 24.0 Å². The lowest BCUT2D eigenvalue weighted by atomic mass is 10.0. The van der Waals surface area contributed by atoms with Gasteiger partial charge in [0.25, 0.3) is 6.43 Å². The first kappa shape index (κ1) is 15.3. The predicted molar refractivity (Wildman–Crippen MR) is 65.1 cm³/mol. The van der Waals surface area contributed by atoms with E-state index in [0.717, 1.165) is 24.8 Å². The summed E-state index contributed by atoms with van der Waals surface area (Å²) in [5.41, 5.74) is 6.91. The smallest absolute Gasteiger partial charge is 0.263 e. The van der Waals surface area contributed by atoms with Gasteiger partial charge in [0.2, 0.25) is 0 Å². The third-order valence-electron chi connectivity index (χ3n) is 2.49. The molecule has 0 amide bonds. The monoisotopic (exact) mass is 249 g/mol. The van der Waals surface area contributed by atoms with Crippen molar-refractivity contribution in [3.05, 3.63) is 35.4 Å². The largest absolute Gasteiger partial charge is 0.324 e. The maximum atomic E-state index is 12.3. The molecule has 1 nitrogen and oxygen atoms in total. The predicted octanol–water partition coefficient (Wildman–Crippen LogP) is 4.24. The molecule has 0 heterocycles. The highest BCUT2D eigenvalue weighted by Crippen LogP contribution is 2.22. The lowest BCUT2D eigenvalue weighted by molar-refractivity contribution is 0.151. The van der Waals surface area contributed by atoms with Crippen molar-refractivity contribution in [2.75, 3.05) is 0 Å². The Kier molecular flexibility index (Phi) is 7.26. The number of hydrogen-bond donors (Lipinski definition) is 1. The summed E-state index contributed by atoms with van der Waals surface area (Å²) in [5, 5.41) is 0. The number of nitrogens with two attached hydrogens (primary N) is 1. The van der Waals surface area contributed by atoms with E-state index in [0.29, 0.717) is 0 Å². The Morgan fingerprint density at radius 3 is 2.06 bits per heavy atom. The van der Waals surface area contributed by atoms with Crippen LogP contribution in [0.1, 0.15) is 49.8 Å². The molecule has 0 saturated carbocycles. The summed E-state index contributed by atoms with van der Waals surface area (Å²) in [7, 11) is 0. The van der Waals surface area contributed by atoms with Crippen LogP contribution in [0, 0.1) is 0 Å². The average molecular weight is 250 g/mol. The molecule has 1 atom stereocenters. The molecule has 0 spiro atoms. The molecule has 0 saturated heterocycles. The molecular formula is C12H18ClF2N. The van der Waals surface area contributed by atoms with Crippen LogP contribution in [-0.4, -0.2) is 0 Å². The van der Waals surface area contributed by atoms with Crippen LogP contribution in [0.3, 0.4) is 0 Å². The van der Waals surface area contributed by atoms with Gasteiger partial charge >= 0.3 is 0 Å². The molecule has 0 aliphatic heterocycles. The minimum Gasteiger partial charge on any atom is -0.324 e. The van der Waals surface area contributed by atoms with Crippen molar-refractivity contribution in [1.82, 2.24) is 0 Å². The molecule has 1 rings (SSSR count). The third kappa shape index (κ3) is 4.45. The first-order valence-electron chi connectivity index (χ1n) is 5.28. The van der Waals surface area contributed by atoms with Crippen molar-refractivity contribution in [1.29, 1.82) is 0 Å². The molecule has 0 unspecified atom stereocenters. The third-order valence-corrected chi connectivity index (χ3v) is 2.49. The second-order valence-corrected chi connectivity index (χ2v) is 3.72. The van der Waals surface area contributed by atoms with E-state index in [2.05, 4.69) is 6.92 Å². The zero-order valence-electron chi connectivity index (χ0n) is 9.33. The molecule has 1 aromatic carbocycles. The van der Waals surface area contributed by atoms with Crippen LogP contribution < -0.4 is 5.73 Å². The maximum absolute atomic E-state index is 12.3. The lowest BCUT2D eigenvalue weighted by Gasteiger charge is -2.11. The molecule has 0 radical (unpaired) electrons. The van der Waals surface area contributed by atoms with Crippen LogP contribution in [0.15, 0.2) is 24.3 Å². The molecule has 0 aliphatic carbocycles. The van der Waals surface area contributed by atoms with Crippen molar-refractivity contribution in [3.8, 4) is 0 Å². The van der Waals surface area contributed by atoms with E-state index in [4.69, 9.17) is 5.73 Å². The van der Waals surface area contributed by atoms with Gasteiger partial charge in [-0.05, 0) is 12.0 Å². The molecule has 0 bridgehead atoms. The Morgan fingerprint density at radius 1 is 1.12 bits per heavy atom. The Balaban J connectivity index is 0.00000225. The fraction of sp³-hybridized carbons (Fsp3) is 0.500. The van der Waals surface area contributed by atoms with Crippen LogP contribution in [0.5, 0.6) is 0 Å². The molecule has 4 heteroatoms. The van der Waals surface area contributed by atoms with Gasteiger partial charge in [-0.3, -0.25) is 0 Å². The Bertz CT molecular complexity index is 288. The minimum absolute atomic E-state index is 0. The maximum Gasteiger partial charge on any atom is 0.263 e. The first-order valence-corrected chi connectivity index (χ1v) is 5.28. The number of unbranched alkanes of at least 4 members (excludes halogenated alkanes) is 1. The fourth-order valence-electron chi connectivity index (χ4n) is 1.48. The molecule has 1 aromatic rings. The molecule has 0 aliphatic rings. The summed E-state index contributed by atoms with van der Waals surface area (Å²) in [6.07, 6.45) is 0.677. The van der Waals surface area contributed by atoms with Gasteiger partial charge in [0.05, 0.1) is 0 Å². The number of benzene rings is 1. The van der Waals surface area contributed by atoms with E-state index in [9.17, 15) is 8.78 Å². The molecule has 0 aromatic heterocycles. The van der Waals surface area contributed by atoms with Crippen LogP contribution in [0.2, 0.25) is 0 Å². The molecular weight excluding hydrogens is 232 g/mol. The summed E-state index contributed by atoms with van der Waals surface area (Å²) in [5.74, 6) is 0. The molecule has 2 N–H and O–H groups in total. The zero-order valence-corrected chi connectivity index (χ0v) is 10.1. The van der Waals surface area contributed by atoms with E-state index >= 15 is 0 Å². The van der Waals surface area contributed by atoms with Crippen LogP contribution in [-0.2, 0) is 0 Å². The number of alkyl halides is 2. The van der Waals surface area contributed by atoms with Crippen LogP contribution >= 0.6 is 12.4 Å². The quantitative estimate of drug-likeness (QED) is 0.830. The molecule has 16 heavy (non-hydrogen) atoms. The van der Waals surface area contributed by atoms with Gasteiger partial charge in [0.15, 0.2) is 0 Å². The normalized spacial score (nSPS) is 12.3. The molecule has 92 valence electrons. The second-order valence-electron chi connectivity index (χ2n) is 3.72. The van der Waals surface area contributed by atoms with E-state index in [1.54, 1.807) is 12.1 Å². The summed E-state index contributed by atoms with van der Waals surface area (Å²) < 4.78 is 24.5. The summed E-state index contributed by atoms with van der Waals surface area (Å²) in [6.45, 7) is 2.10. The van der Waals surface area contributed by atoms with Gasteiger partial charge in [0.1, 0.15) is 0 Å². The number of rotatable bonds is 5. The van der Waals surface area contributed by atoms with Gasteiger partial charge in [0, 0.05) is 11.6 Å². The lowest BCUT2D eigenvalue weighted by Crippen LogP contribution is -2.09. The molecule has 0 fully saturated rings. The number of hydrogen-bond acceptors (Lipinski definition) is 1. The SMILES string of the molecule is CCCC[C@@H](N)c1ccc(C(F)F)cc1.Cl. The fourth-order valence-corrected chi connectivity index (χ4v) is 1.48. The number of halogens is 3. The van der Waals surface area contributed by atoms with Crippen molar-refractivity contribution >= 4 is 12.4 Å². The van der Waals surface area contributed by atoms with Crippen LogP contribution in [0.4, 0.5) is 8.78 Å². The zero-order chi connectivity index (χ0) is 11.3. The van der Waals surface area contributed by atoms with E-state index in [1.165, 1.54) is 12.1 Å². The summed E-state index contributed by atoms with van der Waals surface area (Å²) >= 11 is 0. The van der Waals surface area contributed by atoms with Crippen molar-refractivity contribution in [3.63, 3.8) is 0 Å². The van der Waals surface area contributed by atoms with Crippen molar-refractivity contribution in [2.24, 2.45) is 5.73 Å². The van der Waals surface area contributed by atoms with Gasteiger partial charge in [-0.25, -0.2) is 8.78 Å². The topological polar surface area (TPSA) is 26.0 Å². The van der Waals surface area contributed by atoms with Crippen molar-refractivity contribution in [2.45, 2.75) is 38.7 Å². The minimum atomic E-state index is -2.40. The van der Waals surface area contributed by atoms with Crippen LogP contribution in [0.25, 0.3) is 0 Å². The van der Waals surface area contributed by atoms with Gasteiger partial charge < -0.3 is 5.73 Å². The Hall–Kier alpha value is -0.670. The highest BCUT2D eigenvalue weighted by molar-refractivity contribution is 5.85. The van der Waals surface area contributed by atoms with Crippen molar-refractivity contribution < 1.29 is 8.78 Å². The highest BCUT2D eigenvalue weighted by atomic mass is 35.5. The first-order chi connectivity index (χ1) is 7.15. The van der Waals surface area contributed by atoms with E-state index in [1.807, 2.05) is 0 Å². The Labute approximate surface area is 101 Å². The van der Waals surface area contributed by atoms with E-state index < -0.39 is 6.43 Å². The standard InChI is InChI=1S/C12H17F2N.ClH/c1-2-3-4-11(15)9-5-7-10(8-6-9)12(13)14;/h5-8,11-12H,2-4,15H2,1H3;1H/t11-;/m1./s1. The Morgan fingerprint density at radius 2 is 1.62 bits per heavy atom. The average Bonchev–Trinajstić information content (AvgIpc) is 2.26. The summed E-state index contributed by atoms with van der Waals surface area (Å²) in [4.78, 5) is 0.